The van der Waals surface area contributed by atoms with Crippen LogP contribution in [0.3, 0.4) is 0 Å². The topological polar surface area (TPSA) is 63.2 Å². The molecule has 0 amide bonds. The van der Waals surface area contributed by atoms with Crippen LogP contribution in [-0.4, -0.2) is 19.9 Å². The summed E-state index contributed by atoms with van der Waals surface area (Å²) in [5.74, 6) is 0. The van der Waals surface area contributed by atoms with Crippen LogP contribution in [0, 0.1) is 48.5 Å². The first-order chi connectivity index (χ1) is 30.2. The highest BCUT2D eigenvalue weighted by Gasteiger charge is 2.23. The summed E-state index contributed by atoms with van der Waals surface area (Å²) in [6.45, 7) is 27.1. The zero-order valence-corrected chi connectivity index (χ0v) is 38.9. The second-order valence-electron chi connectivity index (χ2n) is 22.1. The molecule has 312 valence electrons. The maximum Gasteiger partial charge on any atom is 0.0710 e. The normalized spacial score (nSPS) is 12.8. The van der Waals surface area contributed by atoms with Gasteiger partial charge in [0.2, 0.25) is 0 Å². The number of aromatic nitrogens is 4. The van der Waals surface area contributed by atoms with Crippen molar-refractivity contribution in [1.82, 2.24) is 19.9 Å². The van der Waals surface area contributed by atoms with Gasteiger partial charge in [-0.15, -0.1) is 0 Å². The molecule has 0 aliphatic rings. The number of aromatic amines is 4. The molecule has 0 radical (unpaired) electrons. The summed E-state index contributed by atoms with van der Waals surface area (Å²) in [5.41, 5.74) is 12.8. The van der Waals surface area contributed by atoms with Gasteiger partial charge < -0.3 is 19.9 Å². The highest BCUT2D eigenvalue weighted by Crippen LogP contribution is 2.42. The van der Waals surface area contributed by atoms with E-state index in [4.69, 9.17) is 0 Å². The van der Waals surface area contributed by atoms with Crippen molar-refractivity contribution >= 4 is 109 Å². The Balaban J connectivity index is 1.31. The minimum atomic E-state index is -0.0898. The van der Waals surface area contributed by atoms with Crippen molar-refractivity contribution in [2.24, 2.45) is 0 Å². The molecular weight excluding hydrogens is 777 g/mol. The summed E-state index contributed by atoms with van der Waals surface area (Å²) in [6.07, 6.45) is 0. The lowest BCUT2D eigenvalue weighted by Crippen LogP contribution is -2.10. The average molecular weight is 829 g/mol. The van der Waals surface area contributed by atoms with E-state index in [-0.39, 0.29) is 21.7 Å². The Labute approximate surface area is 375 Å². The monoisotopic (exact) mass is 828 g/mol. The molecule has 4 N–H and O–H groups in total. The Hall–Kier alpha value is -7.24. The first kappa shape index (κ1) is 39.6. The van der Waals surface area contributed by atoms with Gasteiger partial charge in [0.1, 0.15) is 0 Å². The number of hydrogen-bond acceptors (Lipinski definition) is 0. The molecule has 11 rings (SSSR count). The number of nitrogens with one attached hydrogen (secondary N) is 4. The molecule has 8 bridgehead atoms. The smallest absolute Gasteiger partial charge is 0.0710 e. The molecule has 64 heavy (non-hydrogen) atoms. The third kappa shape index (κ3) is 6.12. The molecule has 0 spiro atoms. The van der Waals surface area contributed by atoms with E-state index < -0.39 is 0 Å². The SMILES string of the molecule is CC(C)(C)c1cc2c#cc#cc3cc(C(C)(C)C)cc4c5ccc6c7cc(C(C)(C)C)cc(c#cc#cc8cc(C(C)(C)C)cc9c%10ccc%11c(c1)c2[nH]c%11c%10[nH]c89)c7[nH]c6c5[nH]c34. The molecule has 0 atom stereocenters. The summed E-state index contributed by atoms with van der Waals surface area (Å²) < 4.78 is 0. The molecule has 6 aromatic carbocycles. The lowest BCUT2D eigenvalue weighted by molar-refractivity contribution is 0.591. The van der Waals surface area contributed by atoms with E-state index in [1.54, 1.807) is 0 Å². The highest BCUT2D eigenvalue weighted by atomic mass is 14.8. The molecule has 11 aromatic rings. The Morgan fingerprint density at radius 1 is 0.266 bits per heavy atom. The summed E-state index contributed by atoms with van der Waals surface area (Å²) in [4.78, 5) is 15.5. The van der Waals surface area contributed by atoms with Crippen LogP contribution in [0.1, 0.15) is 105 Å². The van der Waals surface area contributed by atoms with Crippen LogP contribution in [0.5, 0.6) is 0 Å². The van der Waals surface area contributed by atoms with Gasteiger partial charge in [0.25, 0.3) is 0 Å². The summed E-state index contributed by atoms with van der Waals surface area (Å²) in [6, 6.07) is 54.7. The van der Waals surface area contributed by atoms with Crippen molar-refractivity contribution in [2.45, 2.75) is 105 Å². The standard InChI is InChI=1S/C60H52N4/c1-57(2,3)37-25-33-17-13-14-18-34-26-38(58(4,5)6)31-47-43-23-24-44-48-32-40(60(10,11)12)28-36(52(48)64-56(44)55(43)63-51(34)47)20-16-15-19-35-27-39(59(7,8)9)30-46-42-22-21-41-45(29-37)49(33)61-53(41)54(42)62-50(35)46/h21-32,61-64H,1-12H3. The number of H-pyrrole nitrogens is 4. The first-order valence-corrected chi connectivity index (χ1v) is 22.4. The molecule has 4 heteroatoms. The van der Waals surface area contributed by atoms with Crippen LogP contribution in [-0.2, 0) is 21.7 Å². The van der Waals surface area contributed by atoms with Gasteiger partial charge in [-0.05, 0) is 117 Å². The van der Waals surface area contributed by atoms with Crippen LogP contribution in [0.15, 0.2) is 72.8 Å². The molecule has 5 heterocycles. The third-order valence-electron chi connectivity index (χ3n) is 13.5. The first-order valence-electron chi connectivity index (χ1n) is 22.4. The second-order valence-corrected chi connectivity index (χ2v) is 22.1. The highest BCUT2D eigenvalue weighted by molar-refractivity contribution is 6.26. The summed E-state index contributed by atoms with van der Waals surface area (Å²) in [5, 5.41) is 12.9. The van der Waals surface area contributed by atoms with Crippen molar-refractivity contribution in [3.05, 3.63) is 144 Å². The fourth-order valence-corrected chi connectivity index (χ4v) is 9.60. The molecule has 0 fully saturated rings. The van der Waals surface area contributed by atoms with E-state index in [0.717, 1.165) is 109 Å². The fourth-order valence-electron chi connectivity index (χ4n) is 9.60. The van der Waals surface area contributed by atoms with Crippen molar-refractivity contribution in [3.8, 4) is 0 Å². The number of hydrogen-bond donors (Lipinski definition) is 4. The van der Waals surface area contributed by atoms with Crippen molar-refractivity contribution in [2.75, 3.05) is 0 Å². The average Bonchev–Trinajstić information content (AvgIpc) is 3.99. The minimum Gasteiger partial charge on any atom is -0.352 e. The van der Waals surface area contributed by atoms with Crippen molar-refractivity contribution < 1.29 is 0 Å². The number of rotatable bonds is 0. The van der Waals surface area contributed by atoms with E-state index in [0.29, 0.717) is 0 Å². The maximum absolute atomic E-state index is 3.86. The summed E-state index contributed by atoms with van der Waals surface area (Å²) in [7, 11) is 0. The van der Waals surface area contributed by atoms with Crippen LogP contribution in [0.2, 0.25) is 0 Å². The Kier molecular flexibility index (Phi) is 8.14. The lowest BCUT2D eigenvalue weighted by Gasteiger charge is -2.19. The Bertz CT molecular complexity index is 3360. The Morgan fingerprint density at radius 2 is 0.469 bits per heavy atom. The van der Waals surface area contributed by atoms with Crippen molar-refractivity contribution in [1.29, 1.82) is 0 Å². The fraction of sp³-hybridized carbons (Fsp3) is 0.267. The van der Waals surface area contributed by atoms with E-state index in [9.17, 15) is 0 Å². The lowest BCUT2D eigenvalue weighted by atomic mass is 9.85. The number of fused-ring (bicyclic) bond motifs is 4. The zero-order valence-electron chi connectivity index (χ0n) is 38.9. The van der Waals surface area contributed by atoms with E-state index in [1.165, 1.54) is 22.3 Å². The van der Waals surface area contributed by atoms with Crippen LogP contribution >= 0.6 is 0 Å². The van der Waals surface area contributed by atoms with Crippen LogP contribution in [0.4, 0.5) is 0 Å². The van der Waals surface area contributed by atoms with Crippen LogP contribution < -0.4 is 0 Å². The molecule has 0 aliphatic carbocycles. The zero-order chi connectivity index (χ0) is 44.8. The quantitative estimate of drug-likeness (QED) is 0.118. The van der Waals surface area contributed by atoms with Crippen molar-refractivity contribution in [3.63, 3.8) is 0 Å². The second kappa shape index (κ2) is 13.2. The predicted octanol–water partition coefficient (Wildman–Crippen LogP) is 15.8. The molecule has 0 unspecified atom stereocenters. The maximum atomic E-state index is 3.86. The molecule has 5 aromatic heterocycles. The van der Waals surface area contributed by atoms with Gasteiger partial charge in [0.15, 0.2) is 0 Å². The minimum absolute atomic E-state index is 0.0898. The van der Waals surface area contributed by atoms with Gasteiger partial charge in [0.05, 0.1) is 44.1 Å². The number of benzene rings is 6. The third-order valence-corrected chi connectivity index (χ3v) is 13.5. The largest absolute Gasteiger partial charge is 0.352 e. The van der Waals surface area contributed by atoms with Gasteiger partial charge >= 0.3 is 0 Å². The Morgan fingerprint density at radius 3 is 0.656 bits per heavy atom. The van der Waals surface area contributed by atoms with Gasteiger partial charge in [-0.3, -0.25) is 0 Å². The van der Waals surface area contributed by atoms with Crippen LogP contribution in [0.25, 0.3) is 109 Å². The van der Waals surface area contributed by atoms with E-state index >= 15 is 0 Å². The van der Waals surface area contributed by atoms with Gasteiger partial charge in [-0.25, -0.2) is 0 Å². The molecule has 0 aliphatic heterocycles. The molecule has 4 nitrogen and oxygen atoms in total. The van der Waals surface area contributed by atoms with E-state index in [2.05, 4.69) is 224 Å². The van der Waals surface area contributed by atoms with Gasteiger partial charge in [-0.1, -0.05) is 132 Å². The molecule has 0 saturated heterocycles. The predicted molar refractivity (Wildman–Crippen MR) is 271 cm³/mol. The molecular formula is C60H52N4. The molecule has 0 saturated carbocycles. The van der Waals surface area contributed by atoms with E-state index in [1.807, 2.05) is 0 Å². The van der Waals surface area contributed by atoms with Gasteiger partial charge in [0, 0.05) is 64.6 Å². The van der Waals surface area contributed by atoms with Gasteiger partial charge in [-0.2, -0.15) is 0 Å². The summed E-state index contributed by atoms with van der Waals surface area (Å²) >= 11 is 0.